The molecule has 0 aliphatic rings. The minimum Gasteiger partial charge on any atom is -0.358 e. The van der Waals surface area contributed by atoms with Gasteiger partial charge in [0.25, 0.3) is 0 Å². The summed E-state index contributed by atoms with van der Waals surface area (Å²) in [6, 6.07) is 9.13. The van der Waals surface area contributed by atoms with Gasteiger partial charge in [0, 0.05) is 29.7 Å². The second-order valence-electron chi connectivity index (χ2n) is 11.9. The van der Waals surface area contributed by atoms with Gasteiger partial charge >= 0.3 is 0 Å². The van der Waals surface area contributed by atoms with Crippen LogP contribution >= 0.6 is 0 Å². The third-order valence-corrected chi connectivity index (χ3v) is 7.50. The van der Waals surface area contributed by atoms with Gasteiger partial charge in [-0.3, -0.25) is 10.1 Å². The Morgan fingerprint density at radius 1 is 1.07 bits per heavy atom. The van der Waals surface area contributed by atoms with Gasteiger partial charge in [0.05, 0.1) is 28.8 Å². The Hall–Kier alpha value is -4.86. The summed E-state index contributed by atoms with van der Waals surface area (Å²) in [5.41, 5.74) is 10.3. The van der Waals surface area contributed by atoms with E-state index >= 15 is 0 Å². The van der Waals surface area contributed by atoms with Gasteiger partial charge in [-0.25, -0.2) is 9.37 Å². The Morgan fingerprint density at radius 3 is 2.54 bits per heavy atom. The van der Waals surface area contributed by atoms with Crippen LogP contribution in [0.4, 0.5) is 10.1 Å². The lowest BCUT2D eigenvalue weighted by Crippen LogP contribution is -2.23. The van der Waals surface area contributed by atoms with Gasteiger partial charge in [-0.2, -0.15) is 5.10 Å². The molecule has 0 aliphatic heterocycles. The van der Waals surface area contributed by atoms with Crippen molar-refractivity contribution in [2.24, 2.45) is 0 Å². The molecule has 3 aromatic heterocycles. The van der Waals surface area contributed by atoms with Gasteiger partial charge in [0.2, 0.25) is 0 Å². The average Bonchev–Trinajstić information content (AvgIpc) is 3.43. The second kappa shape index (κ2) is 15.4. The molecule has 0 fully saturated rings. The van der Waals surface area contributed by atoms with Gasteiger partial charge in [-0.1, -0.05) is 31.9 Å². The molecule has 0 unspecified atom stereocenters. The van der Waals surface area contributed by atoms with Gasteiger partial charge in [-0.15, -0.1) is 0 Å². The first-order valence-corrected chi connectivity index (χ1v) is 15.3. The Bertz CT molecular complexity index is 1790. The number of likely N-dealkylation sites (N-methyl/N-ethyl adjacent to an activating group) is 1. The van der Waals surface area contributed by atoms with E-state index in [0.29, 0.717) is 23.5 Å². The highest BCUT2D eigenvalue weighted by Gasteiger charge is 2.16. The Morgan fingerprint density at radius 2 is 1.85 bits per heavy atom. The minimum atomic E-state index is -0.255. The number of nitrogens with zero attached hydrogens (tertiary/aromatic N) is 5. The van der Waals surface area contributed by atoms with Crippen LogP contribution in [0.25, 0.3) is 33.4 Å². The van der Waals surface area contributed by atoms with Gasteiger partial charge in [-0.05, 0) is 120 Å². The molecular formula is C37H45FN8. The van der Waals surface area contributed by atoms with E-state index in [1.807, 2.05) is 77.3 Å². The fourth-order valence-corrected chi connectivity index (χ4v) is 5.23. The van der Waals surface area contributed by atoms with Crippen molar-refractivity contribution in [2.75, 3.05) is 46.6 Å². The van der Waals surface area contributed by atoms with Crippen LogP contribution in [0, 0.1) is 12.7 Å². The molecule has 0 saturated carbocycles. The number of halogens is 1. The summed E-state index contributed by atoms with van der Waals surface area (Å²) in [6.07, 6.45) is 11.0. The Balaban J connectivity index is 1.59. The van der Waals surface area contributed by atoms with Crippen molar-refractivity contribution in [3.8, 4) is 11.1 Å². The second-order valence-corrected chi connectivity index (χ2v) is 11.9. The maximum absolute atomic E-state index is 14.7. The molecule has 4 rings (SSSR count). The first-order valence-electron chi connectivity index (χ1n) is 15.3. The number of anilines is 1. The summed E-state index contributed by atoms with van der Waals surface area (Å²) in [4.78, 5) is 13.6. The maximum atomic E-state index is 14.7. The number of rotatable bonds is 15. The number of aromatic nitrogens is 4. The van der Waals surface area contributed by atoms with Crippen LogP contribution in [0.15, 0.2) is 92.1 Å². The molecule has 3 heterocycles. The van der Waals surface area contributed by atoms with Crippen molar-refractivity contribution >= 4 is 28.0 Å². The summed E-state index contributed by atoms with van der Waals surface area (Å²) >= 11 is 0. The number of hydrogen-bond donors (Lipinski definition) is 3. The molecule has 0 atom stereocenters. The third kappa shape index (κ3) is 8.65. The highest BCUT2D eigenvalue weighted by Crippen LogP contribution is 2.31. The van der Waals surface area contributed by atoms with Crippen molar-refractivity contribution in [1.82, 2.24) is 35.3 Å². The van der Waals surface area contributed by atoms with Crippen molar-refractivity contribution in [1.29, 1.82) is 0 Å². The van der Waals surface area contributed by atoms with Crippen molar-refractivity contribution in [3.63, 3.8) is 0 Å². The fourth-order valence-electron chi connectivity index (χ4n) is 5.23. The number of allylic oxidation sites excluding steroid dienone is 4. The summed E-state index contributed by atoms with van der Waals surface area (Å²) < 4.78 is 14.7. The smallest absolute Gasteiger partial charge is 0.134 e. The lowest BCUT2D eigenvalue weighted by molar-refractivity contribution is 0.400. The molecule has 8 nitrogen and oxygen atoms in total. The summed E-state index contributed by atoms with van der Waals surface area (Å²) in [6.45, 7) is 18.0. The Labute approximate surface area is 272 Å². The van der Waals surface area contributed by atoms with E-state index in [1.165, 1.54) is 0 Å². The van der Waals surface area contributed by atoms with E-state index in [1.54, 1.807) is 30.6 Å². The SMILES string of the molecule is C=C/C(=C\C(=C/C)c1ccc2[nH]nc(C(=C)Nc3cncc(-c4cc(F)cc(CCCN(C)C)c4)c3C)c2n1)NC(=C)CN(C)C. The highest BCUT2D eigenvalue weighted by atomic mass is 19.1. The van der Waals surface area contributed by atoms with Crippen LogP contribution in [-0.4, -0.2) is 71.2 Å². The molecule has 0 saturated heterocycles. The quantitative estimate of drug-likeness (QED) is 0.121. The summed E-state index contributed by atoms with van der Waals surface area (Å²) in [5.74, 6) is -0.255. The van der Waals surface area contributed by atoms with Gasteiger partial charge in [0.15, 0.2) is 0 Å². The largest absolute Gasteiger partial charge is 0.358 e. The van der Waals surface area contributed by atoms with E-state index in [4.69, 9.17) is 4.98 Å². The van der Waals surface area contributed by atoms with Crippen molar-refractivity contribution in [2.45, 2.75) is 26.7 Å². The molecule has 0 bridgehead atoms. The molecule has 0 radical (unpaired) electrons. The number of fused-ring (bicyclic) bond motifs is 1. The molecule has 0 aliphatic carbocycles. The standard InChI is InChI=1S/C37H45FN8/c1-10-28(20-31(11-2)40-24(3)23-46(8)9)33-14-15-34-37(42-33)36(44-43-34)26(5)41-35-22-39-21-32(25(35)4)29-17-27(18-30(38)19-29)13-12-16-45(6)7/h10-11,14-15,17-22,40-41H,2-3,5,12-13,16,23H2,1,4,6-9H3,(H,43,44)/b28-10+,31-20+. The maximum Gasteiger partial charge on any atom is 0.134 e. The van der Waals surface area contributed by atoms with Crippen molar-refractivity contribution in [3.05, 3.63) is 120 Å². The normalized spacial score (nSPS) is 12.2. The highest BCUT2D eigenvalue weighted by molar-refractivity contribution is 5.92. The number of H-pyrrole nitrogens is 1. The van der Waals surface area contributed by atoms with Gasteiger partial charge < -0.3 is 20.4 Å². The lowest BCUT2D eigenvalue weighted by atomic mass is 9.98. The van der Waals surface area contributed by atoms with Crippen LogP contribution in [0.5, 0.6) is 0 Å². The predicted octanol–water partition coefficient (Wildman–Crippen LogP) is 7.18. The van der Waals surface area contributed by atoms with E-state index in [0.717, 1.165) is 75.5 Å². The number of hydrogen-bond acceptors (Lipinski definition) is 7. The van der Waals surface area contributed by atoms with Crippen LogP contribution in [0.1, 0.15) is 35.9 Å². The average molecular weight is 621 g/mol. The van der Waals surface area contributed by atoms with Crippen molar-refractivity contribution < 1.29 is 4.39 Å². The van der Waals surface area contributed by atoms with Crippen LogP contribution in [0.2, 0.25) is 0 Å². The number of aryl methyl sites for hydroxylation is 1. The first kappa shape index (κ1) is 34.0. The van der Waals surface area contributed by atoms with E-state index in [-0.39, 0.29) is 5.82 Å². The molecule has 0 spiro atoms. The first-order chi connectivity index (χ1) is 22.0. The zero-order valence-electron chi connectivity index (χ0n) is 27.8. The number of nitrogens with one attached hydrogen (secondary N) is 3. The topological polar surface area (TPSA) is 85.0 Å². The van der Waals surface area contributed by atoms with E-state index in [2.05, 4.69) is 50.5 Å². The predicted molar refractivity (Wildman–Crippen MR) is 191 cm³/mol. The van der Waals surface area contributed by atoms with E-state index in [9.17, 15) is 4.39 Å². The number of benzene rings is 1. The lowest BCUT2D eigenvalue weighted by Gasteiger charge is -2.15. The van der Waals surface area contributed by atoms with E-state index < -0.39 is 0 Å². The van der Waals surface area contributed by atoms with Crippen LogP contribution in [-0.2, 0) is 6.42 Å². The Kier molecular flexibility index (Phi) is 11.4. The molecule has 9 heteroatoms. The number of pyridine rings is 2. The minimum absolute atomic E-state index is 0.255. The zero-order chi connectivity index (χ0) is 33.4. The molecule has 3 N–H and O–H groups in total. The number of aromatic amines is 1. The zero-order valence-corrected chi connectivity index (χ0v) is 27.8. The molecule has 1 aromatic carbocycles. The molecular weight excluding hydrogens is 575 g/mol. The molecule has 0 amide bonds. The van der Waals surface area contributed by atoms with Gasteiger partial charge in [0.1, 0.15) is 17.0 Å². The third-order valence-electron chi connectivity index (χ3n) is 7.50. The molecule has 4 aromatic rings. The molecule has 240 valence electrons. The summed E-state index contributed by atoms with van der Waals surface area (Å²) in [5, 5.41) is 14.3. The summed E-state index contributed by atoms with van der Waals surface area (Å²) in [7, 11) is 8.07. The monoisotopic (exact) mass is 620 g/mol. The van der Waals surface area contributed by atoms with Crippen LogP contribution < -0.4 is 10.6 Å². The molecule has 46 heavy (non-hydrogen) atoms. The van der Waals surface area contributed by atoms with Crippen LogP contribution in [0.3, 0.4) is 0 Å². The fraction of sp³-hybridized carbons (Fsp3) is 0.270.